The van der Waals surface area contributed by atoms with Crippen LogP contribution in [0.3, 0.4) is 0 Å². The molecule has 1 heterocycles. The monoisotopic (exact) mass is 223 g/mol. The van der Waals surface area contributed by atoms with E-state index in [0.29, 0.717) is 18.0 Å². The van der Waals surface area contributed by atoms with E-state index < -0.39 is 5.97 Å². The molecule has 0 bridgehead atoms. The lowest BCUT2D eigenvalue weighted by atomic mass is 10.2. The van der Waals surface area contributed by atoms with Gasteiger partial charge in [0, 0.05) is 12.7 Å². The minimum Gasteiger partial charge on any atom is -0.480 e. The molecule has 1 amide bonds. The Morgan fingerprint density at radius 3 is 2.81 bits per heavy atom. The standard InChI is InChI=1S/C10H13N3O3/c14-9(15)6-13(5-7-1-2-7)10(16)8-3-11-12-4-8/h3-4,7H,1-2,5-6H2,(H,11,12)(H,14,15). The molecule has 1 fully saturated rings. The van der Waals surface area contributed by atoms with Crippen LogP contribution in [0.25, 0.3) is 0 Å². The van der Waals surface area contributed by atoms with Crippen molar-refractivity contribution < 1.29 is 14.7 Å². The number of aromatic amines is 1. The van der Waals surface area contributed by atoms with Crippen molar-refractivity contribution in [2.45, 2.75) is 12.8 Å². The molecule has 0 radical (unpaired) electrons. The van der Waals surface area contributed by atoms with Gasteiger partial charge in [0.05, 0.1) is 11.8 Å². The molecule has 2 N–H and O–H groups in total. The summed E-state index contributed by atoms with van der Waals surface area (Å²) in [5.41, 5.74) is 0.405. The highest BCUT2D eigenvalue weighted by Gasteiger charge is 2.28. The van der Waals surface area contributed by atoms with Crippen LogP contribution < -0.4 is 0 Å². The molecule has 1 aromatic heterocycles. The van der Waals surface area contributed by atoms with E-state index in [4.69, 9.17) is 5.11 Å². The largest absolute Gasteiger partial charge is 0.480 e. The van der Waals surface area contributed by atoms with Crippen molar-refractivity contribution in [2.24, 2.45) is 5.92 Å². The first-order valence-corrected chi connectivity index (χ1v) is 5.16. The van der Waals surface area contributed by atoms with Gasteiger partial charge in [0.1, 0.15) is 6.54 Å². The first-order valence-electron chi connectivity index (χ1n) is 5.16. The van der Waals surface area contributed by atoms with Crippen molar-refractivity contribution in [3.63, 3.8) is 0 Å². The highest BCUT2D eigenvalue weighted by molar-refractivity contribution is 5.95. The van der Waals surface area contributed by atoms with Crippen LogP contribution in [0, 0.1) is 5.92 Å². The molecule has 0 saturated heterocycles. The van der Waals surface area contributed by atoms with E-state index in [1.807, 2.05) is 0 Å². The Labute approximate surface area is 92.3 Å². The smallest absolute Gasteiger partial charge is 0.323 e. The number of nitrogens with zero attached hydrogens (tertiary/aromatic N) is 2. The summed E-state index contributed by atoms with van der Waals surface area (Å²) in [6.45, 7) is 0.275. The van der Waals surface area contributed by atoms with E-state index in [1.54, 1.807) is 0 Å². The summed E-state index contributed by atoms with van der Waals surface area (Å²) in [6, 6.07) is 0. The third kappa shape index (κ3) is 2.59. The van der Waals surface area contributed by atoms with Crippen molar-refractivity contribution in [2.75, 3.05) is 13.1 Å². The van der Waals surface area contributed by atoms with E-state index in [2.05, 4.69) is 10.2 Å². The van der Waals surface area contributed by atoms with Crippen molar-refractivity contribution >= 4 is 11.9 Å². The van der Waals surface area contributed by atoms with Gasteiger partial charge in [-0.1, -0.05) is 0 Å². The molecule has 0 unspecified atom stereocenters. The lowest BCUT2D eigenvalue weighted by Gasteiger charge is -2.19. The SMILES string of the molecule is O=C(O)CN(CC1CC1)C(=O)c1cn[nH]c1. The number of carbonyl (C=O) groups excluding carboxylic acids is 1. The zero-order valence-corrected chi connectivity index (χ0v) is 8.72. The predicted octanol–water partition coefficient (Wildman–Crippen LogP) is 0.346. The van der Waals surface area contributed by atoms with Crippen LogP contribution in [0.4, 0.5) is 0 Å². The van der Waals surface area contributed by atoms with Crippen LogP contribution in [-0.2, 0) is 4.79 Å². The lowest BCUT2D eigenvalue weighted by Crippen LogP contribution is -2.37. The molecular weight excluding hydrogens is 210 g/mol. The summed E-state index contributed by atoms with van der Waals surface area (Å²) in [7, 11) is 0. The quantitative estimate of drug-likeness (QED) is 0.754. The van der Waals surface area contributed by atoms with Crippen molar-refractivity contribution in [1.29, 1.82) is 0 Å². The average Bonchev–Trinajstić information content (AvgIpc) is 2.88. The molecule has 6 heteroatoms. The molecule has 0 aliphatic heterocycles. The number of amides is 1. The second-order valence-corrected chi connectivity index (χ2v) is 4.01. The van der Waals surface area contributed by atoms with Crippen LogP contribution >= 0.6 is 0 Å². The fourth-order valence-electron chi connectivity index (χ4n) is 1.55. The number of nitrogens with one attached hydrogen (secondary N) is 1. The van der Waals surface area contributed by atoms with Crippen molar-refractivity contribution in [3.8, 4) is 0 Å². The van der Waals surface area contributed by atoms with Gasteiger partial charge < -0.3 is 10.0 Å². The van der Waals surface area contributed by atoms with Gasteiger partial charge >= 0.3 is 5.97 Å². The first kappa shape index (κ1) is 10.7. The molecule has 1 aromatic rings. The molecule has 1 aliphatic rings. The summed E-state index contributed by atoms with van der Waals surface area (Å²) in [5.74, 6) is -0.796. The third-order valence-electron chi connectivity index (χ3n) is 2.53. The molecule has 2 rings (SSSR count). The average molecular weight is 223 g/mol. The maximum atomic E-state index is 11.9. The van der Waals surface area contributed by atoms with E-state index in [0.717, 1.165) is 12.8 Å². The van der Waals surface area contributed by atoms with Gasteiger partial charge in [-0.3, -0.25) is 14.7 Å². The molecule has 0 atom stereocenters. The Morgan fingerprint density at radius 1 is 1.56 bits per heavy atom. The summed E-state index contributed by atoms with van der Waals surface area (Å²) in [4.78, 5) is 23.9. The number of carboxylic acid groups (broad SMARTS) is 1. The first-order chi connectivity index (χ1) is 7.66. The number of carbonyl (C=O) groups is 2. The number of hydrogen-bond donors (Lipinski definition) is 2. The maximum absolute atomic E-state index is 11.9. The number of aromatic nitrogens is 2. The Balaban J connectivity index is 2.04. The maximum Gasteiger partial charge on any atom is 0.323 e. The summed E-state index contributed by atoms with van der Waals surface area (Å²) in [6.07, 6.45) is 5.04. The third-order valence-corrected chi connectivity index (χ3v) is 2.53. The Morgan fingerprint density at radius 2 is 2.31 bits per heavy atom. The van der Waals surface area contributed by atoms with Gasteiger partial charge in [-0.05, 0) is 18.8 Å². The highest BCUT2D eigenvalue weighted by Crippen LogP contribution is 2.30. The van der Waals surface area contributed by atoms with Crippen LogP contribution in [0.5, 0.6) is 0 Å². The fourth-order valence-corrected chi connectivity index (χ4v) is 1.55. The number of hydrogen-bond acceptors (Lipinski definition) is 3. The summed E-state index contributed by atoms with van der Waals surface area (Å²) in [5, 5.41) is 15.0. The Kier molecular flexibility index (Phi) is 2.89. The molecular formula is C10H13N3O3. The van der Waals surface area contributed by atoms with Crippen molar-refractivity contribution in [1.82, 2.24) is 15.1 Å². The second-order valence-electron chi connectivity index (χ2n) is 4.01. The molecule has 86 valence electrons. The van der Waals surface area contributed by atoms with Gasteiger partial charge in [-0.2, -0.15) is 5.10 Å². The summed E-state index contributed by atoms with van der Waals surface area (Å²) < 4.78 is 0. The summed E-state index contributed by atoms with van der Waals surface area (Å²) >= 11 is 0. The molecule has 16 heavy (non-hydrogen) atoms. The van der Waals surface area contributed by atoms with E-state index in [-0.39, 0.29) is 12.5 Å². The van der Waals surface area contributed by atoms with E-state index in [1.165, 1.54) is 17.3 Å². The second kappa shape index (κ2) is 4.34. The molecule has 0 aromatic carbocycles. The van der Waals surface area contributed by atoms with E-state index >= 15 is 0 Å². The fraction of sp³-hybridized carbons (Fsp3) is 0.500. The van der Waals surface area contributed by atoms with Gasteiger partial charge in [0.15, 0.2) is 0 Å². The minimum absolute atomic E-state index is 0.249. The normalized spacial score (nSPS) is 14.8. The molecule has 6 nitrogen and oxygen atoms in total. The zero-order chi connectivity index (χ0) is 11.5. The van der Waals surface area contributed by atoms with Crippen LogP contribution in [0.15, 0.2) is 12.4 Å². The highest BCUT2D eigenvalue weighted by atomic mass is 16.4. The predicted molar refractivity (Wildman–Crippen MR) is 54.9 cm³/mol. The zero-order valence-electron chi connectivity index (χ0n) is 8.72. The van der Waals surface area contributed by atoms with E-state index in [9.17, 15) is 9.59 Å². The molecule has 1 saturated carbocycles. The Bertz CT molecular complexity index is 384. The number of rotatable bonds is 5. The Hall–Kier alpha value is -1.85. The van der Waals surface area contributed by atoms with Gasteiger partial charge in [-0.25, -0.2) is 0 Å². The topological polar surface area (TPSA) is 86.3 Å². The van der Waals surface area contributed by atoms with Gasteiger partial charge in [0.25, 0.3) is 5.91 Å². The van der Waals surface area contributed by atoms with Gasteiger partial charge in [0.2, 0.25) is 0 Å². The van der Waals surface area contributed by atoms with Crippen LogP contribution in [0.2, 0.25) is 0 Å². The molecule has 1 aliphatic carbocycles. The number of carboxylic acids is 1. The van der Waals surface area contributed by atoms with Crippen molar-refractivity contribution in [3.05, 3.63) is 18.0 Å². The van der Waals surface area contributed by atoms with Gasteiger partial charge in [-0.15, -0.1) is 0 Å². The van der Waals surface area contributed by atoms with Crippen LogP contribution in [0.1, 0.15) is 23.2 Å². The van der Waals surface area contributed by atoms with Crippen LogP contribution in [-0.4, -0.2) is 45.2 Å². The minimum atomic E-state index is -0.988. The number of H-pyrrole nitrogens is 1. The lowest BCUT2D eigenvalue weighted by molar-refractivity contribution is -0.137. The molecule has 0 spiro atoms. The number of aliphatic carboxylic acids is 1.